The number of anilines is 2. The quantitative estimate of drug-likeness (QED) is 0.231. The number of ether oxygens (including phenoxy) is 1. The van der Waals surface area contributed by atoms with Crippen LogP contribution in [-0.4, -0.2) is 83.5 Å². The summed E-state index contributed by atoms with van der Waals surface area (Å²) in [6, 6.07) is 10.7. The largest absolute Gasteiger partial charge is 0.490 e. The van der Waals surface area contributed by atoms with Gasteiger partial charge in [0.25, 0.3) is 0 Å². The van der Waals surface area contributed by atoms with Crippen LogP contribution in [0.2, 0.25) is 5.02 Å². The molecule has 15 heteroatoms. The molecule has 10 nitrogen and oxygen atoms in total. The summed E-state index contributed by atoms with van der Waals surface area (Å²) in [6.45, 7) is 1.29. The average molecular weight is 631 g/mol. The average Bonchev–Trinajstić information content (AvgIpc) is 3.01. The van der Waals surface area contributed by atoms with Crippen molar-refractivity contribution in [3.05, 3.63) is 35.5 Å². The molecule has 2 aliphatic rings. The van der Waals surface area contributed by atoms with Crippen LogP contribution in [0.15, 0.2) is 30.5 Å². The van der Waals surface area contributed by atoms with Gasteiger partial charge in [0.05, 0.1) is 28.3 Å². The van der Waals surface area contributed by atoms with Gasteiger partial charge in [-0.1, -0.05) is 17.7 Å². The summed E-state index contributed by atoms with van der Waals surface area (Å²) < 4.78 is 49.6. The second-order valence-corrected chi connectivity index (χ2v) is 10.9. The Morgan fingerprint density at radius 1 is 1.19 bits per heavy atom. The molecular formula is C28H35ClF4N6O4. The summed E-state index contributed by atoms with van der Waals surface area (Å²) in [5.41, 5.74) is 1.07. The van der Waals surface area contributed by atoms with Crippen LogP contribution < -0.4 is 16.0 Å². The van der Waals surface area contributed by atoms with E-state index in [1.54, 1.807) is 6.20 Å². The third-order valence-electron chi connectivity index (χ3n) is 7.32. The van der Waals surface area contributed by atoms with Crippen molar-refractivity contribution in [3.63, 3.8) is 0 Å². The van der Waals surface area contributed by atoms with E-state index in [0.29, 0.717) is 49.5 Å². The van der Waals surface area contributed by atoms with E-state index < -0.39 is 30.3 Å². The molecular weight excluding hydrogens is 596 g/mol. The fraction of sp³-hybridized carbons (Fsp3) is 0.571. The third kappa shape index (κ3) is 10.8. The van der Waals surface area contributed by atoms with E-state index >= 15 is 0 Å². The van der Waals surface area contributed by atoms with Gasteiger partial charge in [0.15, 0.2) is 0 Å². The predicted octanol–water partition coefficient (Wildman–Crippen LogP) is 4.81. The first-order valence-electron chi connectivity index (χ1n) is 13.8. The molecule has 5 N–H and O–H groups in total. The van der Waals surface area contributed by atoms with Crippen LogP contribution in [0.25, 0.3) is 11.3 Å². The fourth-order valence-electron chi connectivity index (χ4n) is 4.76. The maximum Gasteiger partial charge on any atom is 0.490 e. The molecule has 0 radical (unpaired) electrons. The summed E-state index contributed by atoms with van der Waals surface area (Å²) in [7, 11) is 0. The molecule has 4 rings (SSSR count). The Balaban J connectivity index is 0.000000646. The number of rotatable bonds is 10. The number of aliphatic hydroxyl groups excluding tert-OH is 1. The Kier molecular flexibility index (Phi) is 12.7. The van der Waals surface area contributed by atoms with E-state index in [0.717, 1.165) is 42.8 Å². The second kappa shape index (κ2) is 16.0. The normalized spacial score (nSPS) is 20.6. The molecule has 1 unspecified atom stereocenters. The summed E-state index contributed by atoms with van der Waals surface area (Å²) in [5.74, 6) is -1.32. The lowest BCUT2D eigenvalue weighted by atomic mass is 9.82. The SMILES string of the molecule is N#CC1(CNc2cccc(-c3cc(NC4CCC(NCC(O)CF)CC4)ncc3Cl)n2)CCOCC1.O=C(O)C(F)(F)F. The van der Waals surface area contributed by atoms with Crippen molar-refractivity contribution >= 4 is 29.2 Å². The van der Waals surface area contributed by atoms with E-state index in [2.05, 4.69) is 27.0 Å². The van der Waals surface area contributed by atoms with Gasteiger partial charge in [0.2, 0.25) is 0 Å². The number of nitrogens with zero attached hydrogens (tertiary/aromatic N) is 3. The molecule has 3 heterocycles. The number of nitrogens with one attached hydrogen (secondary N) is 3. The first kappa shape index (κ1) is 34.2. The number of aliphatic carboxylic acids is 1. The van der Waals surface area contributed by atoms with Crippen molar-refractivity contribution in [2.24, 2.45) is 5.41 Å². The lowest BCUT2D eigenvalue weighted by Gasteiger charge is -2.31. The van der Waals surface area contributed by atoms with Crippen molar-refractivity contribution in [1.82, 2.24) is 15.3 Å². The molecule has 0 bridgehead atoms. The maximum atomic E-state index is 12.5. The number of pyridine rings is 2. The Hall–Kier alpha value is -3.25. The Bertz CT molecular complexity index is 1230. The fourth-order valence-corrected chi connectivity index (χ4v) is 4.96. The van der Waals surface area contributed by atoms with Crippen LogP contribution in [-0.2, 0) is 9.53 Å². The first-order valence-corrected chi connectivity index (χ1v) is 14.2. The minimum absolute atomic E-state index is 0.276. The van der Waals surface area contributed by atoms with E-state index in [-0.39, 0.29) is 12.6 Å². The van der Waals surface area contributed by atoms with Gasteiger partial charge >= 0.3 is 12.1 Å². The molecule has 0 aromatic carbocycles. The van der Waals surface area contributed by atoms with Gasteiger partial charge in [0.1, 0.15) is 18.3 Å². The Labute approximate surface area is 251 Å². The molecule has 2 aromatic rings. The molecule has 43 heavy (non-hydrogen) atoms. The van der Waals surface area contributed by atoms with E-state index in [9.17, 15) is 27.9 Å². The number of aliphatic hydroxyl groups is 1. The Morgan fingerprint density at radius 3 is 2.44 bits per heavy atom. The highest BCUT2D eigenvalue weighted by Crippen LogP contribution is 2.32. The van der Waals surface area contributed by atoms with Crippen LogP contribution in [0.4, 0.5) is 29.2 Å². The molecule has 0 spiro atoms. The summed E-state index contributed by atoms with van der Waals surface area (Å²) in [4.78, 5) is 18.1. The number of carboxylic acids is 1. The van der Waals surface area contributed by atoms with E-state index in [1.807, 2.05) is 24.3 Å². The number of alkyl halides is 4. The monoisotopic (exact) mass is 630 g/mol. The summed E-state index contributed by atoms with van der Waals surface area (Å²) >= 11 is 6.50. The topological polar surface area (TPSA) is 152 Å². The van der Waals surface area contributed by atoms with E-state index in [4.69, 9.17) is 31.2 Å². The highest BCUT2D eigenvalue weighted by Gasteiger charge is 2.38. The van der Waals surface area contributed by atoms with Gasteiger partial charge in [-0.2, -0.15) is 18.4 Å². The number of aromatic nitrogens is 2. The number of hydrogen-bond acceptors (Lipinski definition) is 9. The first-order chi connectivity index (χ1) is 20.4. The minimum atomic E-state index is -5.08. The van der Waals surface area contributed by atoms with E-state index in [1.165, 1.54) is 0 Å². The minimum Gasteiger partial charge on any atom is -0.475 e. The molecule has 1 saturated carbocycles. The standard InChI is InChI=1S/C26H34ClFN6O2.C2HF3O2/c27-22-15-31-25(33-19-6-4-18(5-7-19)30-14-20(35)13-28)12-21(22)23-2-1-3-24(34-23)32-17-26(16-29)8-10-36-11-9-26;3-2(4,5)1(6)7/h1-3,12,15,18-20,30,35H,4-11,13-14,17H2,(H,31,33)(H,32,34);(H,6,7). The van der Waals surface area contributed by atoms with Crippen LogP contribution in [0.3, 0.4) is 0 Å². The molecule has 236 valence electrons. The van der Waals surface area contributed by atoms with Gasteiger partial charge in [0, 0.05) is 50.1 Å². The summed E-state index contributed by atoms with van der Waals surface area (Å²) in [6.07, 6.45) is 0.829. The van der Waals surface area contributed by atoms with Crippen molar-refractivity contribution in [1.29, 1.82) is 5.26 Å². The second-order valence-electron chi connectivity index (χ2n) is 10.5. The van der Waals surface area contributed by atoms with Crippen LogP contribution in [0.1, 0.15) is 38.5 Å². The highest BCUT2D eigenvalue weighted by atomic mass is 35.5. The zero-order valence-electron chi connectivity index (χ0n) is 23.3. The smallest absolute Gasteiger partial charge is 0.475 e. The van der Waals surface area contributed by atoms with Crippen molar-refractivity contribution in [3.8, 4) is 17.3 Å². The van der Waals surface area contributed by atoms with Gasteiger partial charge in [-0.25, -0.2) is 19.2 Å². The van der Waals surface area contributed by atoms with Crippen LogP contribution in [0, 0.1) is 16.7 Å². The number of carbonyl (C=O) groups is 1. The summed E-state index contributed by atoms with van der Waals surface area (Å²) in [5, 5.41) is 36.9. The molecule has 1 aliphatic carbocycles. The van der Waals surface area contributed by atoms with Crippen molar-refractivity contribution < 1.29 is 37.3 Å². The van der Waals surface area contributed by atoms with Crippen molar-refractivity contribution in [2.45, 2.75) is 62.9 Å². The van der Waals surface area contributed by atoms with Crippen LogP contribution >= 0.6 is 11.6 Å². The Morgan fingerprint density at radius 2 is 1.84 bits per heavy atom. The molecule has 1 saturated heterocycles. The number of nitriles is 1. The number of halogens is 5. The third-order valence-corrected chi connectivity index (χ3v) is 7.62. The molecule has 2 fully saturated rings. The zero-order valence-corrected chi connectivity index (χ0v) is 24.1. The highest BCUT2D eigenvalue weighted by molar-refractivity contribution is 6.33. The zero-order chi connectivity index (χ0) is 31.5. The van der Waals surface area contributed by atoms with Crippen LogP contribution in [0.5, 0.6) is 0 Å². The molecule has 1 aliphatic heterocycles. The number of carboxylic acid groups (broad SMARTS) is 1. The lowest BCUT2D eigenvalue weighted by Crippen LogP contribution is -2.40. The lowest BCUT2D eigenvalue weighted by molar-refractivity contribution is -0.192. The van der Waals surface area contributed by atoms with Crippen molar-refractivity contribution in [2.75, 3.05) is 43.6 Å². The maximum absolute atomic E-state index is 12.5. The van der Waals surface area contributed by atoms with Gasteiger partial charge < -0.3 is 30.9 Å². The predicted molar refractivity (Wildman–Crippen MR) is 152 cm³/mol. The molecule has 0 amide bonds. The van der Waals surface area contributed by atoms with Gasteiger partial charge in [-0.3, -0.25) is 0 Å². The number of hydrogen-bond donors (Lipinski definition) is 5. The van der Waals surface area contributed by atoms with Gasteiger partial charge in [-0.15, -0.1) is 0 Å². The molecule has 1 atom stereocenters. The van der Waals surface area contributed by atoms with Gasteiger partial charge in [-0.05, 0) is 56.7 Å². The molecule has 2 aromatic heterocycles.